The molecule has 0 unspecified atom stereocenters. The molecule has 0 radical (unpaired) electrons. The Morgan fingerprint density at radius 1 is 0.276 bits per heavy atom. The number of nitrogens with zero attached hydrogens (tertiary/aromatic N) is 3. The number of aromatic nitrogens is 3. The van der Waals surface area contributed by atoms with E-state index in [9.17, 15) is 0 Å². The molecule has 0 aliphatic heterocycles. The molecule has 13 aromatic rings. The molecule has 9 aromatic carbocycles. The molecule has 0 saturated carbocycles. The van der Waals surface area contributed by atoms with Crippen LogP contribution < -0.4 is 0 Å². The quantitative estimate of drug-likeness (QED) is 0.158. The molecule has 270 valence electrons. The first-order valence-electron chi connectivity index (χ1n) is 19.8. The van der Waals surface area contributed by atoms with E-state index in [0.29, 0.717) is 0 Å². The Morgan fingerprint density at radius 3 is 1.34 bits per heavy atom. The van der Waals surface area contributed by atoms with Crippen LogP contribution >= 0.6 is 0 Å². The molecule has 0 N–H and O–H groups in total. The Balaban J connectivity index is 1.03. The summed E-state index contributed by atoms with van der Waals surface area (Å²) in [6.07, 6.45) is 0. The van der Waals surface area contributed by atoms with Gasteiger partial charge in [-0.2, -0.15) is 0 Å². The van der Waals surface area contributed by atoms with E-state index < -0.39 is 0 Å². The second kappa shape index (κ2) is 12.2. The summed E-state index contributed by atoms with van der Waals surface area (Å²) in [5, 5.41) is 10.3. The molecular weight excluding hydrogens is 770 g/mol. The van der Waals surface area contributed by atoms with Crippen LogP contribution in [0.3, 0.4) is 0 Å². The summed E-state index contributed by atoms with van der Waals surface area (Å²) in [6, 6.07) is 74.1. The summed E-state index contributed by atoms with van der Waals surface area (Å²) >= 11 is 0.250. The van der Waals surface area contributed by atoms with Crippen molar-refractivity contribution in [2.75, 3.05) is 0 Å². The van der Waals surface area contributed by atoms with Crippen molar-refractivity contribution in [3.05, 3.63) is 200 Å². The molecule has 4 aromatic heterocycles. The Morgan fingerprint density at radius 2 is 0.759 bits per heavy atom. The third-order valence-corrected chi connectivity index (χ3v) is 14.6. The first-order valence-corrected chi connectivity index (χ1v) is 21.6. The minimum absolute atomic E-state index is 0.250. The number of rotatable bonds is 4. The molecule has 3 nitrogen and oxygen atoms in total. The van der Waals surface area contributed by atoms with Gasteiger partial charge in [-0.15, -0.1) is 0 Å². The molecule has 0 amide bonds. The predicted molar refractivity (Wildman–Crippen MR) is 247 cm³/mol. The molecule has 0 aliphatic rings. The molecule has 4 heteroatoms. The van der Waals surface area contributed by atoms with Gasteiger partial charge >= 0.3 is 255 Å². The third-order valence-electron chi connectivity index (χ3n) is 12.2. The van der Waals surface area contributed by atoms with E-state index in [0.717, 1.165) is 5.69 Å². The van der Waals surface area contributed by atoms with Crippen molar-refractivity contribution < 1.29 is 0 Å². The van der Waals surface area contributed by atoms with Gasteiger partial charge in [-0.05, 0) is 12.1 Å². The molecule has 0 aliphatic carbocycles. The van der Waals surface area contributed by atoms with Gasteiger partial charge in [0.05, 0.1) is 11.0 Å². The average Bonchev–Trinajstić information content (AvgIpc) is 4.02. The zero-order chi connectivity index (χ0) is 37.9. The Labute approximate surface area is 339 Å². The molecule has 13 rings (SSSR count). The van der Waals surface area contributed by atoms with Crippen molar-refractivity contribution in [2.24, 2.45) is 0 Å². The summed E-state index contributed by atoms with van der Waals surface area (Å²) in [5.41, 5.74) is 13.4. The molecule has 0 atom stereocenters. The summed E-state index contributed by atoms with van der Waals surface area (Å²) in [5.74, 6) is 0. The molecule has 0 saturated heterocycles. The summed E-state index contributed by atoms with van der Waals surface area (Å²) in [6.45, 7) is 0. The van der Waals surface area contributed by atoms with Gasteiger partial charge in [0.2, 0.25) is 0 Å². The molecule has 0 spiro atoms. The van der Waals surface area contributed by atoms with Crippen LogP contribution in [0, 0.1) is 0 Å². The normalized spacial score (nSPS) is 12.1. The number of hydrogen-bond donors (Lipinski definition) is 0. The van der Waals surface area contributed by atoms with E-state index >= 15 is 0 Å². The first kappa shape index (κ1) is 32.0. The fourth-order valence-corrected chi connectivity index (χ4v) is 12.1. The monoisotopic (exact) mass is 803 g/mol. The maximum absolute atomic E-state index is 2.51. The second-order valence-electron chi connectivity index (χ2n) is 15.3. The minimum atomic E-state index is 0.250. The summed E-state index contributed by atoms with van der Waals surface area (Å²) < 4.78 is 10.3. The van der Waals surface area contributed by atoms with E-state index in [1.54, 1.807) is 0 Å². The molecule has 0 bridgehead atoms. The van der Waals surface area contributed by atoms with Crippen LogP contribution in [-0.2, 0) is 0 Å². The standard InChI is InChI=1S/C54H33N3Se/c1-2-13-34(14-3-1)35-25-30-52-44(31-35)54-51(23-12-24-53(54)58-52)57-48-22-11-7-18-41(48)43-33-37(27-29-50(43)57)56-47-21-10-6-17-40(47)42-32-36(26-28-49(42)56)55-45-19-8-4-15-38(45)39-16-5-9-20-46(39)55/h1-33H. The van der Waals surface area contributed by atoms with Crippen molar-refractivity contribution in [1.82, 2.24) is 13.7 Å². The van der Waals surface area contributed by atoms with Gasteiger partial charge in [0, 0.05) is 16.5 Å². The fourth-order valence-electron chi connectivity index (χ4n) is 9.74. The SMILES string of the molecule is c1ccc(-c2ccc3[se]c4cccc(-n5c6ccccc6c6cc(-n7c8ccccc8c8cc(-n9c%10ccccc%10c%10ccccc%109)ccc87)ccc65)c4c3c2)cc1. The van der Waals surface area contributed by atoms with Crippen molar-refractivity contribution in [2.45, 2.75) is 0 Å². The molecule has 0 fully saturated rings. The van der Waals surface area contributed by atoms with Gasteiger partial charge in [-0.25, -0.2) is 0 Å². The number of hydrogen-bond acceptors (Lipinski definition) is 0. The van der Waals surface area contributed by atoms with Gasteiger partial charge in [0.25, 0.3) is 0 Å². The van der Waals surface area contributed by atoms with Gasteiger partial charge in [0.1, 0.15) is 0 Å². The fraction of sp³-hybridized carbons (Fsp3) is 0. The van der Waals surface area contributed by atoms with E-state index in [1.165, 1.54) is 107 Å². The topological polar surface area (TPSA) is 14.8 Å². The number of fused-ring (bicyclic) bond motifs is 12. The second-order valence-corrected chi connectivity index (χ2v) is 17.6. The van der Waals surface area contributed by atoms with E-state index in [-0.39, 0.29) is 14.5 Å². The first-order chi connectivity index (χ1) is 28.8. The molecule has 4 heterocycles. The van der Waals surface area contributed by atoms with Crippen molar-refractivity contribution in [3.63, 3.8) is 0 Å². The predicted octanol–water partition coefficient (Wildman–Crippen LogP) is 14.0. The zero-order valence-corrected chi connectivity index (χ0v) is 33.0. The number of benzene rings is 9. The number of para-hydroxylation sites is 4. The van der Waals surface area contributed by atoms with E-state index in [2.05, 4.69) is 214 Å². The van der Waals surface area contributed by atoms with Crippen LogP contribution in [0.2, 0.25) is 0 Å². The van der Waals surface area contributed by atoms with Gasteiger partial charge in [0.15, 0.2) is 0 Å². The van der Waals surface area contributed by atoms with E-state index in [4.69, 9.17) is 0 Å². The van der Waals surface area contributed by atoms with Crippen LogP contribution in [0.15, 0.2) is 200 Å². The van der Waals surface area contributed by atoms with Gasteiger partial charge in [-0.1, -0.05) is 42.5 Å². The molecule has 58 heavy (non-hydrogen) atoms. The maximum atomic E-state index is 2.51. The molecular formula is C54H33N3Se. The van der Waals surface area contributed by atoms with Crippen LogP contribution in [0.1, 0.15) is 0 Å². The van der Waals surface area contributed by atoms with Gasteiger partial charge in [-0.3, -0.25) is 0 Å². The van der Waals surface area contributed by atoms with E-state index in [1.807, 2.05) is 0 Å². The third kappa shape index (κ3) is 4.50. The van der Waals surface area contributed by atoms with Crippen molar-refractivity contribution in [3.8, 4) is 28.2 Å². The average molecular weight is 803 g/mol. The van der Waals surface area contributed by atoms with Crippen LogP contribution in [0.4, 0.5) is 0 Å². The van der Waals surface area contributed by atoms with Crippen molar-refractivity contribution in [1.29, 1.82) is 0 Å². The Bertz CT molecular complexity index is 3750. The Hall–Kier alpha value is -7.10. The van der Waals surface area contributed by atoms with Crippen LogP contribution in [0.25, 0.3) is 113 Å². The zero-order valence-electron chi connectivity index (χ0n) is 31.3. The van der Waals surface area contributed by atoms with Crippen LogP contribution in [0.5, 0.6) is 0 Å². The van der Waals surface area contributed by atoms with Crippen molar-refractivity contribution >= 4 is 99.2 Å². The Kier molecular flexibility index (Phi) is 6.74. The van der Waals surface area contributed by atoms with Gasteiger partial charge < -0.3 is 4.57 Å². The summed E-state index contributed by atoms with van der Waals surface area (Å²) in [4.78, 5) is 0. The summed E-state index contributed by atoms with van der Waals surface area (Å²) in [7, 11) is 0. The van der Waals surface area contributed by atoms with Crippen LogP contribution in [-0.4, -0.2) is 28.2 Å².